The molecule has 10 nitrogen and oxygen atoms in total. The third kappa shape index (κ3) is 4.93. The van der Waals surface area contributed by atoms with E-state index in [0.717, 1.165) is 5.69 Å². The van der Waals surface area contributed by atoms with Crippen LogP contribution in [0.1, 0.15) is 20.0 Å². The summed E-state index contributed by atoms with van der Waals surface area (Å²) < 4.78 is 27.0. The number of hydrogen-bond donors (Lipinski definition) is 2. The molecule has 182 valence electrons. The summed E-state index contributed by atoms with van der Waals surface area (Å²) in [6, 6.07) is 9.93. The number of halogens is 1. The number of aromatic nitrogens is 3. The summed E-state index contributed by atoms with van der Waals surface area (Å²) in [7, 11) is 0. The highest BCUT2D eigenvalue weighted by atomic mass is 19.1. The van der Waals surface area contributed by atoms with Crippen molar-refractivity contribution in [2.75, 3.05) is 23.3 Å². The van der Waals surface area contributed by atoms with E-state index in [4.69, 9.17) is 9.26 Å². The Morgan fingerprint density at radius 1 is 1.26 bits per heavy atom. The van der Waals surface area contributed by atoms with Gasteiger partial charge < -0.3 is 24.3 Å². The molecule has 0 aliphatic carbocycles. The van der Waals surface area contributed by atoms with E-state index in [-0.39, 0.29) is 26.4 Å². The van der Waals surface area contributed by atoms with Crippen LogP contribution < -0.4 is 15.5 Å². The molecule has 0 saturated carbocycles. The fourth-order valence-corrected chi connectivity index (χ4v) is 3.82. The van der Waals surface area contributed by atoms with Crippen LogP contribution in [0.2, 0.25) is 0 Å². The van der Waals surface area contributed by atoms with Gasteiger partial charge in [0, 0.05) is 24.8 Å². The van der Waals surface area contributed by atoms with Crippen LogP contribution >= 0.6 is 0 Å². The molecule has 2 N–H and O–H groups in total. The normalized spacial score (nSPS) is 15.1. The Kier molecular flexibility index (Phi) is 6.67. The van der Waals surface area contributed by atoms with Gasteiger partial charge in [-0.1, -0.05) is 12.6 Å². The standard InChI is InChI=1S/C23H21FN6O4.CH4/c1-14(31)25-12-18-13-30(23(32)34-18)16-2-3-19(20(24)9-16)15-4-6-29-17(11-27-22(29)8-15)10-26-21-5-7-33-28-21;/h2-9,11,18H,10,12-13H2,1H3,(H,25,31)(H,26,28);1H4/t18-;/m0./s1. The molecular weight excluding hydrogens is 455 g/mol. The SMILES string of the molecule is C.CC(=O)NC[C@H]1CN(c2ccc(-c3ccn4c(CNc5ccon5)cnc4c3)c(F)c2)C(=O)O1. The zero-order chi connectivity index (χ0) is 23.7. The van der Waals surface area contributed by atoms with Gasteiger partial charge in [0.2, 0.25) is 5.91 Å². The van der Waals surface area contributed by atoms with E-state index in [1.54, 1.807) is 36.5 Å². The van der Waals surface area contributed by atoms with Gasteiger partial charge in [0.15, 0.2) is 5.82 Å². The molecule has 4 heterocycles. The summed E-state index contributed by atoms with van der Waals surface area (Å²) in [5, 5.41) is 9.57. The van der Waals surface area contributed by atoms with E-state index in [1.165, 1.54) is 24.2 Å². The first-order valence-electron chi connectivity index (χ1n) is 10.6. The maximum Gasteiger partial charge on any atom is 0.414 e. The molecule has 0 spiro atoms. The first-order valence-corrected chi connectivity index (χ1v) is 10.6. The average Bonchev–Trinajstić information content (AvgIpc) is 3.56. The minimum atomic E-state index is -0.576. The van der Waals surface area contributed by atoms with Crippen LogP contribution in [0.3, 0.4) is 0 Å². The second-order valence-electron chi connectivity index (χ2n) is 7.85. The first-order chi connectivity index (χ1) is 16.5. The Morgan fingerprint density at radius 2 is 2.11 bits per heavy atom. The van der Waals surface area contributed by atoms with Gasteiger partial charge in [-0.15, -0.1) is 0 Å². The maximum atomic E-state index is 15.1. The zero-order valence-electron chi connectivity index (χ0n) is 18.2. The highest BCUT2D eigenvalue weighted by Gasteiger charge is 2.32. The van der Waals surface area contributed by atoms with Crippen molar-refractivity contribution in [1.29, 1.82) is 0 Å². The number of nitrogens with one attached hydrogen (secondary N) is 2. The van der Waals surface area contributed by atoms with Gasteiger partial charge in [-0.25, -0.2) is 14.2 Å². The molecule has 0 unspecified atom stereocenters. The van der Waals surface area contributed by atoms with Crippen LogP contribution in [0, 0.1) is 5.82 Å². The summed E-state index contributed by atoms with van der Waals surface area (Å²) in [6.07, 6.45) is 3.99. The second-order valence-corrected chi connectivity index (χ2v) is 7.85. The fraction of sp³-hybridized carbons (Fsp3) is 0.250. The van der Waals surface area contributed by atoms with E-state index < -0.39 is 18.0 Å². The van der Waals surface area contributed by atoms with Gasteiger partial charge >= 0.3 is 6.09 Å². The molecule has 1 atom stereocenters. The largest absolute Gasteiger partial charge is 0.442 e. The van der Waals surface area contributed by atoms with Crippen LogP contribution in [-0.4, -0.2) is 45.7 Å². The number of fused-ring (bicyclic) bond motifs is 1. The third-order valence-electron chi connectivity index (χ3n) is 5.51. The molecule has 0 radical (unpaired) electrons. The highest BCUT2D eigenvalue weighted by Crippen LogP contribution is 2.30. The van der Waals surface area contributed by atoms with Crippen molar-refractivity contribution < 1.29 is 23.2 Å². The van der Waals surface area contributed by atoms with E-state index in [9.17, 15) is 9.59 Å². The lowest BCUT2D eigenvalue weighted by Crippen LogP contribution is -2.33. The maximum absolute atomic E-state index is 15.1. The van der Waals surface area contributed by atoms with Crippen LogP contribution in [-0.2, 0) is 16.1 Å². The third-order valence-corrected chi connectivity index (χ3v) is 5.51. The van der Waals surface area contributed by atoms with Gasteiger partial charge in [-0.2, -0.15) is 0 Å². The fourth-order valence-electron chi connectivity index (χ4n) is 3.82. The Bertz CT molecular complexity index is 1350. The lowest BCUT2D eigenvalue weighted by atomic mass is 10.1. The number of hydrogen-bond acceptors (Lipinski definition) is 7. The number of ether oxygens (including phenoxy) is 1. The minimum absolute atomic E-state index is 0. The molecule has 11 heteroatoms. The zero-order valence-corrected chi connectivity index (χ0v) is 18.2. The van der Waals surface area contributed by atoms with E-state index in [2.05, 4.69) is 20.8 Å². The molecule has 5 rings (SSSR count). The smallest absolute Gasteiger partial charge is 0.414 e. The summed E-state index contributed by atoms with van der Waals surface area (Å²) >= 11 is 0. The number of amides is 2. The molecule has 1 aromatic carbocycles. The number of nitrogens with zero attached hydrogens (tertiary/aromatic N) is 4. The lowest BCUT2D eigenvalue weighted by Gasteiger charge is -2.14. The number of anilines is 2. The van der Waals surface area contributed by atoms with Crippen molar-refractivity contribution in [2.45, 2.75) is 27.0 Å². The predicted octanol–water partition coefficient (Wildman–Crippen LogP) is 3.84. The number of benzene rings is 1. The van der Waals surface area contributed by atoms with Crippen LogP contribution in [0.5, 0.6) is 0 Å². The Morgan fingerprint density at radius 3 is 2.86 bits per heavy atom. The van der Waals surface area contributed by atoms with Gasteiger partial charge in [-0.05, 0) is 35.9 Å². The summed E-state index contributed by atoms with van der Waals surface area (Å²) in [6.45, 7) is 2.31. The summed E-state index contributed by atoms with van der Waals surface area (Å²) in [5.41, 5.74) is 3.01. The Labute approximate surface area is 200 Å². The Balaban J connectivity index is 0.00000289. The van der Waals surface area contributed by atoms with E-state index >= 15 is 4.39 Å². The lowest BCUT2D eigenvalue weighted by molar-refractivity contribution is -0.119. The van der Waals surface area contributed by atoms with Crippen LogP contribution in [0.15, 0.2) is 59.6 Å². The van der Waals surface area contributed by atoms with E-state index in [0.29, 0.717) is 34.8 Å². The van der Waals surface area contributed by atoms with Crippen molar-refractivity contribution in [1.82, 2.24) is 19.9 Å². The van der Waals surface area contributed by atoms with E-state index in [1.807, 2.05) is 10.6 Å². The topological polar surface area (TPSA) is 114 Å². The molecule has 1 aliphatic heterocycles. The Hall–Kier alpha value is -4.41. The molecule has 3 aromatic heterocycles. The number of cyclic esters (lactones) is 1. The quantitative estimate of drug-likeness (QED) is 0.413. The monoisotopic (exact) mass is 480 g/mol. The molecule has 1 aliphatic rings. The van der Waals surface area contributed by atoms with Gasteiger partial charge in [0.25, 0.3) is 0 Å². The van der Waals surface area contributed by atoms with Crippen LogP contribution in [0.4, 0.5) is 20.7 Å². The number of imidazole rings is 1. The van der Waals surface area contributed by atoms with Crippen molar-refractivity contribution >= 4 is 29.2 Å². The number of rotatable bonds is 7. The predicted molar refractivity (Wildman–Crippen MR) is 127 cm³/mol. The van der Waals surface area contributed by atoms with Gasteiger partial charge in [0.1, 0.15) is 23.8 Å². The number of carbonyl (C=O) groups is 2. The molecule has 1 fully saturated rings. The van der Waals surface area contributed by atoms with Crippen LogP contribution in [0.25, 0.3) is 16.8 Å². The van der Waals surface area contributed by atoms with Crippen molar-refractivity contribution in [2.24, 2.45) is 0 Å². The molecule has 4 aromatic rings. The first kappa shape index (κ1) is 23.7. The van der Waals surface area contributed by atoms with Gasteiger partial charge in [-0.3, -0.25) is 9.69 Å². The molecule has 1 saturated heterocycles. The van der Waals surface area contributed by atoms with Crippen molar-refractivity contribution in [3.63, 3.8) is 0 Å². The summed E-state index contributed by atoms with van der Waals surface area (Å²) in [4.78, 5) is 29.1. The highest BCUT2D eigenvalue weighted by molar-refractivity contribution is 5.90. The number of pyridine rings is 1. The second kappa shape index (κ2) is 9.84. The average molecular weight is 481 g/mol. The molecule has 2 amide bonds. The van der Waals surface area contributed by atoms with Gasteiger partial charge in [0.05, 0.1) is 37.2 Å². The minimum Gasteiger partial charge on any atom is -0.442 e. The molecule has 0 bridgehead atoms. The van der Waals surface area contributed by atoms with Crippen molar-refractivity contribution in [3.8, 4) is 11.1 Å². The summed E-state index contributed by atoms with van der Waals surface area (Å²) in [5.74, 6) is -0.0609. The van der Waals surface area contributed by atoms with Crippen molar-refractivity contribution in [3.05, 3.63) is 66.6 Å². The number of carbonyl (C=O) groups excluding carboxylic acids is 2. The molecule has 35 heavy (non-hydrogen) atoms. The molecular formula is C24H25FN6O4.